The third-order valence-corrected chi connectivity index (χ3v) is 4.61. The van der Waals surface area contributed by atoms with Crippen LogP contribution >= 0.6 is 11.3 Å². The lowest BCUT2D eigenvalue weighted by atomic mass is 9.99. The summed E-state index contributed by atoms with van der Waals surface area (Å²) >= 11 is 1.37. The lowest BCUT2D eigenvalue weighted by Gasteiger charge is -2.31. The molecular weight excluding hydrogens is 274 g/mol. The van der Waals surface area contributed by atoms with Crippen molar-refractivity contribution in [2.45, 2.75) is 19.8 Å². The van der Waals surface area contributed by atoms with Crippen LogP contribution in [0.3, 0.4) is 0 Å². The van der Waals surface area contributed by atoms with E-state index < -0.39 is 0 Å². The molecule has 108 valence electrons. The number of aryl methyl sites for hydroxylation is 1. The fraction of sp³-hybridized carbons (Fsp3) is 0.533. The standard InChI is InChI=1S/C15H19NO3S/c1-11-8-14(20-13(11)5-3-7-17)15(19)16-6-2-4-12(9-16)10-18/h8,12,17-18H,2,4,6-7,9-10H2,1H3. The molecule has 1 unspecified atom stereocenters. The number of aliphatic hydroxyl groups excluding tert-OH is 2. The van der Waals surface area contributed by atoms with Crippen molar-refractivity contribution in [1.82, 2.24) is 4.90 Å². The average molecular weight is 293 g/mol. The number of amides is 1. The zero-order valence-corrected chi connectivity index (χ0v) is 12.4. The highest BCUT2D eigenvalue weighted by atomic mass is 32.1. The summed E-state index contributed by atoms with van der Waals surface area (Å²) < 4.78 is 0. The van der Waals surface area contributed by atoms with Gasteiger partial charge in [0.1, 0.15) is 6.61 Å². The van der Waals surface area contributed by atoms with Crippen LogP contribution in [0.15, 0.2) is 6.07 Å². The molecule has 1 aromatic rings. The molecule has 1 amide bonds. The van der Waals surface area contributed by atoms with Gasteiger partial charge in [-0.3, -0.25) is 4.79 Å². The number of piperidine rings is 1. The maximum atomic E-state index is 12.5. The second-order valence-corrected chi connectivity index (χ2v) is 6.08. The molecule has 4 nitrogen and oxygen atoms in total. The lowest BCUT2D eigenvalue weighted by molar-refractivity contribution is 0.0625. The van der Waals surface area contributed by atoms with Gasteiger partial charge in [-0.2, -0.15) is 0 Å². The molecule has 1 atom stereocenters. The second kappa shape index (κ2) is 6.89. The molecule has 0 radical (unpaired) electrons. The minimum absolute atomic E-state index is 0.0216. The van der Waals surface area contributed by atoms with E-state index in [1.165, 1.54) is 11.3 Å². The number of hydrogen-bond donors (Lipinski definition) is 2. The van der Waals surface area contributed by atoms with Crippen molar-refractivity contribution in [3.63, 3.8) is 0 Å². The minimum atomic E-state index is -0.176. The van der Waals surface area contributed by atoms with Crippen LogP contribution in [0.5, 0.6) is 0 Å². The van der Waals surface area contributed by atoms with Crippen molar-refractivity contribution in [3.05, 3.63) is 21.4 Å². The first-order valence-corrected chi connectivity index (χ1v) is 7.57. The summed E-state index contributed by atoms with van der Waals surface area (Å²) in [7, 11) is 0. The van der Waals surface area contributed by atoms with Gasteiger partial charge in [0.05, 0.1) is 9.75 Å². The van der Waals surface area contributed by atoms with E-state index in [-0.39, 0.29) is 25.0 Å². The third-order valence-electron chi connectivity index (χ3n) is 3.47. The Morgan fingerprint density at radius 3 is 3.05 bits per heavy atom. The van der Waals surface area contributed by atoms with Gasteiger partial charge in [-0.25, -0.2) is 0 Å². The Labute approximate surface area is 123 Å². The summed E-state index contributed by atoms with van der Waals surface area (Å²) in [5.74, 6) is 5.70. The molecule has 5 heteroatoms. The predicted octanol–water partition coefficient (Wildman–Crippen LogP) is 1.24. The number of hydrogen-bond acceptors (Lipinski definition) is 4. The van der Waals surface area contributed by atoms with Gasteiger partial charge in [-0.05, 0) is 37.3 Å². The number of thiophene rings is 1. The summed E-state index contributed by atoms with van der Waals surface area (Å²) in [5.41, 5.74) is 0.968. The molecule has 2 heterocycles. The average Bonchev–Trinajstić information content (AvgIpc) is 2.85. The molecule has 0 saturated carbocycles. The molecule has 0 bridgehead atoms. The first-order chi connectivity index (χ1) is 9.65. The van der Waals surface area contributed by atoms with E-state index in [0.29, 0.717) is 11.4 Å². The van der Waals surface area contributed by atoms with Gasteiger partial charge in [0.2, 0.25) is 0 Å². The van der Waals surface area contributed by atoms with E-state index in [1.807, 2.05) is 17.9 Å². The Morgan fingerprint density at radius 2 is 2.35 bits per heavy atom. The molecule has 1 fully saturated rings. The second-order valence-electron chi connectivity index (χ2n) is 5.02. The molecule has 1 saturated heterocycles. The first-order valence-electron chi connectivity index (χ1n) is 6.76. The van der Waals surface area contributed by atoms with E-state index in [0.717, 1.165) is 29.8 Å². The minimum Gasteiger partial charge on any atom is -0.396 e. The normalized spacial score (nSPS) is 18.6. The van der Waals surface area contributed by atoms with Crippen LogP contribution in [-0.2, 0) is 0 Å². The van der Waals surface area contributed by atoms with Gasteiger partial charge in [0.15, 0.2) is 0 Å². The summed E-state index contributed by atoms with van der Waals surface area (Å²) in [6.45, 7) is 3.26. The monoisotopic (exact) mass is 293 g/mol. The SMILES string of the molecule is Cc1cc(C(=O)N2CCCC(CO)C2)sc1C#CCO. The molecule has 1 aliphatic rings. The van der Waals surface area contributed by atoms with Crippen molar-refractivity contribution < 1.29 is 15.0 Å². The number of carbonyl (C=O) groups excluding carboxylic acids is 1. The topological polar surface area (TPSA) is 60.8 Å². The van der Waals surface area contributed by atoms with Crippen LogP contribution in [0.4, 0.5) is 0 Å². The highest BCUT2D eigenvalue weighted by Gasteiger charge is 2.25. The van der Waals surface area contributed by atoms with Gasteiger partial charge in [0.25, 0.3) is 5.91 Å². The van der Waals surface area contributed by atoms with Crippen LogP contribution in [0, 0.1) is 24.7 Å². The van der Waals surface area contributed by atoms with Gasteiger partial charge in [0, 0.05) is 19.7 Å². The number of aliphatic hydroxyl groups is 2. The van der Waals surface area contributed by atoms with Crippen molar-refractivity contribution in [3.8, 4) is 11.8 Å². The summed E-state index contributed by atoms with van der Waals surface area (Å²) in [5, 5.41) is 18.0. The zero-order valence-electron chi connectivity index (χ0n) is 11.6. The molecule has 0 spiro atoms. The molecule has 2 rings (SSSR count). The fourth-order valence-corrected chi connectivity index (χ4v) is 3.40. The zero-order chi connectivity index (χ0) is 14.5. The smallest absolute Gasteiger partial charge is 0.263 e. The summed E-state index contributed by atoms with van der Waals surface area (Å²) in [4.78, 5) is 15.8. The largest absolute Gasteiger partial charge is 0.396 e. The fourth-order valence-electron chi connectivity index (χ4n) is 2.39. The number of rotatable bonds is 2. The van der Waals surface area contributed by atoms with Gasteiger partial charge in [-0.1, -0.05) is 11.8 Å². The van der Waals surface area contributed by atoms with Crippen LogP contribution in [0.1, 0.15) is 33.0 Å². The van der Waals surface area contributed by atoms with E-state index >= 15 is 0 Å². The van der Waals surface area contributed by atoms with Gasteiger partial charge in [-0.15, -0.1) is 11.3 Å². The highest BCUT2D eigenvalue weighted by molar-refractivity contribution is 7.14. The Bertz CT molecular complexity index is 541. The molecule has 20 heavy (non-hydrogen) atoms. The predicted molar refractivity (Wildman–Crippen MR) is 78.7 cm³/mol. The maximum Gasteiger partial charge on any atom is 0.263 e. The van der Waals surface area contributed by atoms with Crippen molar-refractivity contribution in [2.24, 2.45) is 5.92 Å². The van der Waals surface area contributed by atoms with Crippen molar-refractivity contribution >= 4 is 17.2 Å². The van der Waals surface area contributed by atoms with Crippen LogP contribution < -0.4 is 0 Å². The molecular formula is C15H19NO3S. The molecule has 0 aliphatic carbocycles. The summed E-state index contributed by atoms with van der Waals surface area (Å²) in [6.07, 6.45) is 1.93. The number of likely N-dealkylation sites (tertiary alicyclic amines) is 1. The molecule has 1 aliphatic heterocycles. The Morgan fingerprint density at radius 1 is 1.55 bits per heavy atom. The van der Waals surface area contributed by atoms with E-state index in [9.17, 15) is 9.90 Å². The van der Waals surface area contributed by atoms with Crippen molar-refractivity contribution in [1.29, 1.82) is 0 Å². The van der Waals surface area contributed by atoms with Crippen LogP contribution in [0.2, 0.25) is 0 Å². The maximum absolute atomic E-state index is 12.5. The summed E-state index contributed by atoms with van der Waals surface area (Å²) in [6, 6.07) is 1.86. The van der Waals surface area contributed by atoms with E-state index in [1.54, 1.807) is 0 Å². The lowest BCUT2D eigenvalue weighted by Crippen LogP contribution is -2.40. The molecule has 2 N–H and O–H groups in total. The Kier molecular flexibility index (Phi) is 5.18. The number of nitrogens with zero attached hydrogens (tertiary/aromatic N) is 1. The van der Waals surface area contributed by atoms with Crippen molar-refractivity contribution in [2.75, 3.05) is 26.3 Å². The number of carbonyl (C=O) groups is 1. The van der Waals surface area contributed by atoms with Crippen LogP contribution in [0.25, 0.3) is 0 Å². The molecule has 0 aromatic carbocycles. The Balaban J connectivity index is 2.13. The van der Waals surface area contributed by atoms with Gasteiger partial charge >= 0.3 is 0 Å². The van der Waals surface area contributed by atoms with E-state index in [2.05, 4.69) is 11.8 Å². The highest BCUT2D eigenvalue weighted by Crippen LogP contribution is 2.25. The first kappa shape index (κ1) is 15.0. The van der Waals surface area contributed by atoms with Crippen LogP contribution in [-0.4, -0.2) is 47.3 Å². The quantitative estimate of drug-likeness (QED) is 0.807. The van der Waals surface area contributed by atoms with E-state index in [4.69, 9.17) is 5.11 Å². The Hall–Kier alpha value is -1.35. The molecule has 1 aromatic heterocycles. The third kappa shape index (κ3) is 3.40. The van der Waals surface area contributed by atoms with Gasteiger partial charge < -0.3 is 15.1 Å².